The van der Waals surface area contributed by atoms with Crippen LogP contribution in [0.5, 0.6) is 0 Å². The van der Waals surface area contributed by atoms with Crippen LogP contribution in [0.15, 0.2) is 35.4 Å². The van der Waals surface area contributed by atoms with E-state index >= 15 is 0 Å². The molecule has 0 saturated carbocycles. The molecule has 0 saturated heterocycles. The normalized spacial score (nSPS) is 11.3. The zero-order valence-electron chi connectivity index (χ0n) is 11.3. The van der Waals surface area contributed by atoms with Crippen molar-refractivity contribution in [2.75, 3.05) is 11.1 Å². The standard InChI is InChI=1S/C12H15N5O3S/c1-2-17-7-8(13)11(16-17)12(18)15-9-5-3-4-6-10(9)21(14,19)20/h3-7H,2,13H2,1H3,(H,15,18)(H2,14,19,20). The number of nitrogen functional groups attached to an aromatic ring is 1. The summed E-state index contributed by atoms with van der Waals surface area (Å²) in [5, 5.41) is 11.6. The molecule has 112 valence electrons. The number of aryl methyl sites for hydroxylation is 1. The largest absolute Gasteiger partial charge is 0.396 e. The van der Waals surface area contributed by atoms with E-state index in [1.54, 1.807) is 6.07 Å². The zero-order chi connectivity index (χ0) is 15.6. The summed E-state index contributed by atoms with van der Waals surface area (Å²) < 4.78 is 24.5. The average molecular weight is 309 g/mol. The number of aromatic nitrogens is 2. The number of para-hydroxylation sites is 1. The number of hydrogen-bond acceptors (Lipinski definition) is 5. The summed E-state index contributed by atoms with van der Waals surface area (Å²) >= 11 is 0. The summed E-state index contributed by atoms with van der Waals surface area (Å²) in [5.41, 5.74) is 6.03. The van der Waals surface area contributed by atoms with Crippen molar-refractivity contribution in [1.29, 1.82) is 0 Å². The lowest BCUT2D eigenvalue weighted by atomic mass is 10.3. The molecule has 2 aromatic rings. The third-order valence-electron chi connectivity index (χ3n) is 2.77. The van der Waals surface area contributed by atoms with Gasteiger partial charge in [-0.3, -0.25) is 9.48 Å². The maximum atomic E-state index is 12.1. The lowest BCUT2D eigenvalue weighted by Gasteiger charge is -2.08. The highest BCUT2D eigenvalue weighted by atomic mass is 32.2. The van der Waals surface area contributed by atoms with Crippen LogP contribution in [0.25, 0.3) is 0 Å². The first-order valence-electron chi connectivity index (χ1n) is 6.09. The minimum Gasteiger partial charge on any atom is -0.396 e. The maximum absolute atomic E-state index is 12.1. The number of benzene rings is 1. The molecule has 5 N–H and O–H groups in total. The third kappa shape index (κ3) is 3.20. The molecule has 8 nitrogen and oxygen atoms in total. The Morgan fingerprint density at radius 1 is 1.38 bits per heavy atom. The predicted octanol–water partition coefficient (Wildman–Crippen LogP) is 0.385. The van der Waals surface area contributed by atoms with Gasteiger partial charge >= 0.3 is 0 Å². The van der Waals surface area contributed by atoms with E-state index in [2.05, 4.69) is 10.4 Å². The number of rotatable bonds is 4. The molecule has 0 fully saturated rings. The molecule has 0 radical (unpaired) electrons. The van der Waals surface area contributed by atoms with Gasteiger partial charge in [0.05, 0.1) is 11.4 Å². The van der Waals surface area contributed by atoms with Gasteiger partial charge in [0.15, 0.2) is 5.69 Å². The van der Waals surface area contributed by atoms with E-state index in [9.17, 15) is 13.2 Å². The Bertz CT molecular complexity index is 782. The molecule has 9 heteroatoms. The first-order valence-corrected chi connectivity index (χ1v) is 7.63. The summed E-state index contributed by atoms with van der Waals surface area (Å²) in [6.45, 7) is 2.41. The highest BCUT2D eigenvalue weighted by molar-refractivity contribution is 7.89. The molecule has 1 heterocycles. The summed E-state index contributed by atoms with van der Waals surface area (Å²) in [4.78, 5) is 12.0. The van der Waals surface area contributed by atoms with Crippen LogP contribution in [0.4, 0.5) is 11.4 Å². The number of anilines is 2. The van der Waals surface area contributed by atoms with Crippen LogP contribution in [-0.2, 0) is 16.6 Å². The van der Waals surface area contributed by atoms with E-state index < -0.39 is 15.9 Å². The van der Waals surface area contributed by atoms with Gasteiger partial charge in [-0.05, 0) is 19.1 Å². The second-order valence-corrected chi connectivity index (χ2v) is 5.81. The van der Waals surface area contributed by atoms with Crippen molar-refractivity contribution in [3.63, 3.8) is 0 Å². The number of nitrogens with two attached hydrogens (primary N) is 2. The van der Waals surface area contributed by atoms with Gasteiger partial charge in [-0.25, -0.2) is 13.6 Å². The molecule has 0 bridgehead atoms. The van der Waals surface area contributed by atoms with Crippen molar-refractivity contribution in [2.45, 2.75) is 18.4 Å². The fourth-order valence-corrected chi connectivity index (χ4v) is 2.47. The van der Waals surface area contributed by atoms with Crippen molar-refractivity contribution < 1.29 is 13.2 Å². The van der Waals surface area contributed by atoms with E-state index in [4.69, 9.17) is 10.9 Å². The van der Waals surface area contributed by atoms with Crippen molar-refractivity contribution >= 4 is 27.3 Å². The predicted molar refractivity (Wildman–Crippen MR) is 78.1 cm³/mol. The van der Waals surface area contributed by atoms with Gasteiger partial charge in [-0.1, -0.05) is 12.1 Å². The number of nitrogens with zero attached hydrogens (tertiary/aromatic N) is 2. The van der Waals surface area contributed by atoms with E-state index in [-0.39, 0.29) is 22.0 Å². The van der Waals surface area contributed by atoms with Crippen LogP contribution in [0, 0.1) is 0 Å². The number of carbonyl (C=O) groups is 1. The number of sulfonamides is 1. The van der Waals surface area contributed by atoms with Crippen LogP contribution in [0.3, 0.4) is 0 Å². The number of primary sulfonamides is 1. The lowest BCUT2D eigenvalue weighted by Crippen LogP contribution is -2.19. The topological polar surface area (TPSA) is 133 Å². The first kappa shape index (κ1) is 15.0. The Morgan fingerprint density at radius 3 is 2.62 bits per heavy atom. The molecule has 1 aromatic heterocycles. The van der Waals surface area contributed by atoms with Crippen LogP contribution in [-0.4, -0.2) is 24.1 Å². The number of amides is 1. The SMILES string of the molecule is CCn1cc(N)c(C(=O)Nc2ccccc2S(N)(=O)=O)n1. The summed E-state index contributed by atoms with van der Waals surface area (Å²) in [7, 11) is -3.94. The monoisotopic (exact) mass is 309 g/mol. The van der Waals surface area contributed by atoms with Gasteiger partial charge in [-0.2, -0.15) is 5.10 Å². The molecule has 1 aromatic carbocycles. The molecule has 1 amide bonds. The van der Waals surface area contributed by atoms with Crippen LogP contribution >= 0.6 is 0 Å². The van der Waals surface area contributed by atoms with Gasteiger partial charge in [0.2, 0.25) is 10.0 Å². The molecule has 21 heavy (non-hydrogen) atoms. The molecular weight excluding hydrogens is 294 g/mol. The zero-order valence-corrected chi connectivity index (χ0v) is 12.1. The van der Waals surface area contributed by atoms with Gasteiger partial charge < -0.3 is 11.1 Å². The lowest BCUT2D eigenvalue weighted by molar-refractivity contribution is 0.102. The van der Waals surface area contributed by atoms with E-state index in [0.717, 1.165) is 0 Å². The van der Waals surface area contributed by atoms with Gasteiger partial charge in [-0.15, -0.1) is 0 Å². The van der Waals surface area contributed by atoms with Crippen LogP contribution in [0.1, 0.15) is 17.4 Å². The highest BCUT2D eigenvalue weighted by Gasteiger charge is 2.19. The molecule has 2 rings (SSSR count). The minimum absolute atomic E-state index is 0.0288. The van der Waals surface area contributed by atoms with Gasteiger partial charge in [0.25, 0.3) is 5.91 Å². The fraction of sp³-hybridized carbons (Fsp3) is 0.167. The molecule has 0 atom stereocenters. The second kappa shape index (κ2) is 5.54. The first-order chi connectivity index (χ1) is 9.82. The molecule has 0 aliphatic heterocycles. The number of nitrogens with one attached hydrogen (secondary N) is 1. The second-order valence-electron chi connectivity index (χ2n) is 4.28. The Kier molecular flexibility index (Phi) is 3.96. The summed E-state index contributed by atoms with van der Waals surface area (Å²) in [6, 6.07) is 5.83. The Hall–Kier alpha value is -2.39. The van der Waals surface area contributed by atoms with Gasteiger partial charge in [0, 0.05) is 12.7 Å². The van der Waals surface area contributed by atoms with Crippen LogP contribution < -0.4 is 16.2 Å². The number of hydrogen-bond donors (Lipinski definition) is 3. The Labute approximate surface area is 121 Å². The molecule has 0 spiro atoms. The third-order valence-corrected chi connectivity index (χ3v) is 3.74. The Balaban J connectivity index is 2.34. The van der Waals surface area contributed by atoms with E-state index in [1.807, 2.05) is 6.92 Å². The van der Waals surface area contributed by atoms with Gasteiger partial charge in [0.1, 0.15) is 4.90 Å². The van der Waals surface area contributed by atoms with Crippen molar-refractivity contribution in [3.05, 3.63) is 36.2 Å². The molecular formula is C12H15N5O3S. The summed E-state index contributed by atoms with van der Waals surface area (Å²) in [6.07, 6.45) is 1.53. The quantitative estimate of drug-likeness (QED) is 0.751. The summed E-state index contributed by atoms with van der Waals surface area (Å²) in [5.74, 6) is -0.601. The smallest absolute Gasteiger partial charge is 0.278 e. The van der Waals surface area contributed by atoms with E-state index in [0.29, 0.717) is 6.54 Å². The number of carbonyl (C=O) groups excluding carboxylic acids is 1. The molecule has 0 unspecified atom stereocenters. The molecule has 0 aliphatic rings. The average Bonchev–Trinajstić information content (AvgIpc) is 2.79. The van der Waals surface area contributed by atoms with E-state index in [1.165, 1.54) is 29.1 Å². The van der Waals surface area contributed by atoms with Crippen molar-refractivity contribution in [1.82, 2.24) is 9.78 Å². The van der Waals surface area contributed by atoms with Crippen molar-refractivity contribution in [2.24, 2.45) is 5.14 Å². The van der Waals surface area contributed by atoms with Crippen molar-refractivity contribution in [3.8, 4) is 0 Å². The fourth-order valence-electron chi connectivity index (χ4n) is 1.77. The molecule has 0 aliphatic carbocycles. The minimum atomic E-state index is -3.94. The van der Waals surface area contributed by atoms with Crippen LogP contribution in [0.2, 0.25) is 0 Å². The maximum Gasteiger partial charge on any atom is 0.278 e. The highest BCUT2D eigenvalue weighted by Crippen LogP contribution is 2.20. The Morgan fingerprint density at radius 2 is 2.05 bits per heavy atom.